The Kier molecular flexibility index (Phi) is 2.17. The zero-order valence-corrected chi connectivity index (χ0v) is 12.5. The molecule has 0 heterocycles. The Hall–Kier alpha value is -2.60. The minimum absolute atomic E-state index is 0.0935. The molecule has 0 saturated carbocycles. The van der Waals surface area contributed by atoms with Crippen LogP contribution in [0, 0.1) is 0 Å². The van der Waals surface area contributed by atoms with Crippen molar-refractivity contribution in [1.82, 2.24) is 0 Å². The zero-order valence-electron chi connectivity index (χ0n) is 12.5. The summed E-state index contributed by atoms with van der Waals surface area (Å²) in [6.45, 7) is 2.28. The van der Waals surface area contributed by atoms with Crippen molar-refractivity contribution >= 4 is 6.08 Å². The first-order valence-corrected chi connectivity index (χ1v) is 7.81. The van der Waals surface area contributed by atoms with E-state index in [4.69, 9.17) is 0 Å². The average molecular weight is 280 g/mol. The van der Waals surface area contributed by atoms with Gasteiger partial charge in [-0.15, -0.1) is 0 Å². The van der Waals surface area contributed by atoms with Gasteiger partial charge in [-0.2, -0.15) is 0 Å². The molecule has 22 heavy (non-hydrogen) atoms. The van der Waals surface area contributed by atoms with Gasteiger partial charge in [0.2, 0.25) is 0 Å². The van der Waals surface area contributed by atoms with E-state index in [0.717, 1.165) is 0 Å². The Balaban J connectivity index is 2.00. The van der Waals surface area contributed by atoms with E-state index in [1.807, 2.05) is 0 Å². The summed E-state index contributed by atoms with van der Waals surface area (Å²) in [7, 11) is 0. The first-order chi connectivity index (χ1) is 10.8. The van der Waals surface area contributed by atoms with Gasteiger partial charge in [-0.25, -0.2) is 0 Å². The maximum absolute atomic E-state index is 2.36. The van der Waals surface area contributed by atoms with Crippen molar-refractivity contribution in [3.8, 4) is 11.1 Å². The van der Waals surface area contributed by atoms with Crippen LogP contribution in [0.25, 0.3) is 17.2 Å². The monoisotopic (exact) mass is 280 g/mol. The summed E-state index contributed by atoms with van der Waals surface area (Å²) in [6.07, 6.45) is 2.36. The number of benzene rings is 3. The van der Waals surface area contributed by atoms with Crippen LogP contribution in [0.4, 0.5) is 0 Å². The van der Waals surface area contributed by atoms with Crippen molar-refractivity contribution in [2.45, 2.75) is 12.3 Å². The van der Waals surface area contributed by atoms with E-state index >= 15 is 0 Å². The summed E-state index contributed by atoms with van der Waals surface area (Å²) in [5, 5.41) is 0. The third-order valence-corrected chi connectivity index (χ3v) is 5.28. The molecular formula is C22H16. The van der Waals surface area contributed by atoms with Crippen LogP contribution >= 0.6 is 0 Å². The van der Waals surface area contributed by atoms with Crippen LogP contribution in [0.2, 0.25) is 0 Å². The Morgan fingerprint density at radius 1 is 0.591 bits per heavy atom. The molecule has 0 radical (unpaired) electrons. The van der Waals surface area contributed by atoms with E-state index in [2.05, 4.69) is 85.8 Å². The lowest BCUT2D eigenvalue weighted by Crippen LogP contribution is -2.26. The minimum Gasteiger partial charge on any atom is -0.0619 e. The van der Waals surface area contributed by atoms with Crippen molar-refractivity contribution in [3.63, 3.8) is 0 Å². The number of hydrogen-bond acceptors (Lipinski definition) is 0. The molecule has 2 aliphatic carbocycles. The highest BCUT2D eigenvalue weighted by molar-refractivity contribution is 5.90. The molecule has 0 N–H and O–H groups in total. The lowest BCUT2D eigenvalue weighted by molar-refractivity contribution is 0.767. The smallest absolute Gasteiger partial charge is 0.0619 e. The third-order valence-electron chi connectivity index (χ3n) is 5.28. The second kappa shape index (κ2) is 3.98. The van der Waals surface area contributed by atoms with Crippen molar-refractivity contribution in [2.24, 2.45) is 0 Å². The van der Waals surface area contributed by atoms with E-state index in [9.17, 15) is 0 Å². The fourth-order valence-electron chi connectivity index (χ4n) is 4.47. The molecule has 0 unspecified atom stereocenters. The van der Waals surface area contributed by atoms with Crippen LogP contribution < -0.4 is 0 Å². The molecule has 0 nitrogen and oxygen atoms in total. The van der Waals surface area contributed by atoms with Gasteiger partial charge in [0.05, 0.1) is 5.41 Å². The topological polar surface area (TPSA) is 0 Å². The highest BCUT2D eigenvalue weighted by Crippen LogP contribution is 2.59. The van der Waals surface area contributed by atoms with Gasteiger partial charge in [-0.05, 0) is 40.3 Å². The predicted molar refractivity (Wildman–Crippen MR) is 91.9 cm³/mol. The van der Waals surface area contributed by atoms with E-state index in [1.54, 1.807) is 0 Å². The second-order valence-electron chi connectivity index (χ2n) is 6.26. The van der Waals surface area contributed by atoms with Crippen molar-refractivity contribution in [2.75, 3.05) is 0 Å². The van der Waals surface area contributed by atoms with E-state index < -0.39 is 0 Å². The standard InChI is InChI=1S/C22H16/c1-15-14-16-8-2-5-11-19(16)22(15)20-12-6-3-9-17(20)18-10-4-7-13-21(18)22/h2-14H,1H3. The maximum atomic E-state index is 2.36. The number of fused-ring (bicyclic) bond motifs is 7. The summed E-state index contributed by atoms with van der Waals surface area (Å²) in [6, 6.07) is 26.6. The van der Waals surface area contributed by atoms with Crippen molar-refractivity contribution in [1.29, 1.82) is 0 Å². The molecule has 5 rings (SSSR count). The third kappa shape index (κ3) is 1.20. The largest absolute Gasteiger partial charge is 0.0679 e. The fourth-order valence-corrected chi connectivity index (χ4v) is 4.47. The van der Waals surface area contributed by atoms with Gasteiger partial charge in [-0.3, -0.25) is 0 Å². The van der Waals surface area contributed by atoms with Gasteiger partial charge >= 0.3 is 0 Å². The normalized spacial score (nSPS) is 16.1. The molecule has 104 valence electrons. The van der Waals surface area contributed by atoms with Crippen LogP contribution in [0.3, 0.4) is 0 Å². The van der Waals surface area contributed by atoms with Gasteiger partial charge in [0.15, 0.2) is 0 Å². The molecule has 0 fully saturated rings. The quantitative estimate of drug-likeness (QED) is 0.516. The highest BCUT2D eigenvalue weighted by Gasteiger charge is 2.48. The molecule has 3 aromatic rings. The first-order valence-electron chi connectivity index (χ1n) is 7.81. The summed E-state index contributed by atoms with van der Waals surface area (Å²) >= 11 is 0. The molecule has 2 aliphatic rings. The number of allylic oxidation sites excluding steroid dienone is 1. The molecule has 0 atom stereocenters. The van der Waals surface area contributed by atoms with Crippen LogP contribution in [-0.4, -0.2) is 0 Å². The number of hydrogen-bond donors (Lipinski definition) is 0. The van der Waals surface area contributed by atoms with Gasteiger partial charge < -0.3 is 0 Å². The average Bonchev–Trinajstić information content (AvgIpc) is 3.04. The molecule has 0 aromatic heterocycles. The second-order valence-corrected chi connectivity index (χ2v) is 6.26. The van der Waals surface area contributed by atoms with Crippen LogP contribution in [0.1, 0.15) is 29.2 Å². The van der Waals surface area contributed by atoms with E-state index in [1.165, 1.54) is 39.0 Å². The first kappa shape index (κ1) is 12.0. The Morgan fingerprint density at radius 3 is 1.73 bits per heavy atom. The van der Waals surface area contributed by atoms with Gasteiger partial charge in [0, 0.05) is 0 Å². The number of rotatable bonds is 0. The Bertz CT molecular complexity index is 898. The van der Waals surface area contributed by atoms with E-state index in [-0.39, 0.29) is 5.41 Å². The lowest BCUT2D eigenvalue weighted by Gasteiger charge is -2.31. The molecule has 0 bridgehead atoms. The maximum Gasteiger partial charge on any atom is 0.0679 e. The molecule has 3 aromatic carbocycles. The Morgan fingerprint density at radius 2 is 1.09 bits per heavy atom. The molecule has 0 heteroatoms. The van der Waals surface area contributed by atoms with Gasteiger partial charge in [0.25, 0.3) is 0 Å². The van der Waals surface area contributed by atoms with Crippen molar-refractivity contribution < 1.29 is 0 Å². The molecule has 0 saturated heterocycles. The fraction of sp³-hybridized carbons (Fsp3) is 0.0909. The minimum atomic E-state index is -0.0935. The van der Waals surface area contributed by atoms with Gasteiger partial charge in [-0.1, -0.05) is 84.4 Å². The van der Waals surface area contributed by atoms with Crippen LogP contribution in [0.5, 0.6) is 0 Å². The van der Waals surface area contributed by atoms with Crippen LogP contribution in [0.15, 0.2) is 78.4 Å². The Labute approximate surface area is 130 Å². The molecular weight excluding hydrogens is 264 g/mol. The summed E-state index contributed by atoms with van der Waals surface area (Å²) < 4.78 is 0. The summed E-state index contributed by atoms with van der Waals surface area (Å²) in [4.78, 5) is 0. The predicted octanol–water partition coefficient (Wildman–Crippen LogP) is 5.42. The highest BCUT2D eigenvalue weighted by atomic mass is 14.5. The summed E-state index contributed by atoms with van der Waals surface area (Å²) in [5.41, 5.74) is 9.71. The molecule has 1 spiro atoms. The summed E-state index contributed by atoms with van der Waals surface area (Å²) in [5.74, 6) is 0. The zero-order chi connectivity index (χ0) is 14.7. The molecule has 0 amide bonds. The van der Waals surface area contributed by atoms with Crippen LogP contribution in [-0.2, 0) is 5.41 Å². The van der Waals surface area contributed by atoms with Crippen molar-refractivity contribution in [3.05, 3.63) is 101 Å². The lowest BCUT2D eigenvalue weighted by atomic mass is 9.70. The SMILES string of the molecule is CC1=Cc2ccccc2C12c1ccccc1-c1ccccc12. The molecule has 0 aliphatic heterocycles. The van der Waals surface area contributed by atoms with E-state index in [0.29, 0.717) is 0 Å². The van der Waals surface area contributed by atoms with Gasteiger partial charge in [0.1, 0.15) is 0 Å².